The molecule has 0 spiro atoms. The molecular weight excluding hydrogens is 240 g/mol. The molecule has 0 atom stereocenters. The molecule has 1 aromatic rings. The number of hydrogen-bond donors (Lipinski definition) is 1. The van der Waals surface area contributed by atoms with Crippen LogP contribution >= 0.6 is 0 Å². The third-order valence-corrected chi connectivity index (χ3v) is 3.72. The Morgan fingerprint density at radius 1 is 1.16 bits per heavy atom. The summed E-state index contributed by atoms with van der Waals surface area (Å²) in [5.41, 5.74) is 1.31. The summed E-state index contributed by atoms with van der Waals surface area (Å²) in [6.45, 7) is 7.47. The second-order valence-electron chi connectivity index (χ2n) is 5.59. The summed E-state index contributed by atoms with van der Waals surface area (Å²) in [5.74, 6) is 1.77. The molecule has 0 aromatic heterocycles. The van der Waals surface area contributed by atoms with Crippen LogP contribution in [0.1, 0.15) is 20.3 Å². The van der Waals surface area contributed by atoms with Gasteiger partial charge in [0.1, 0.15) is 11.5 Å². The van der Waals surface area contributed by atoms with Crippen LogP contribution in [0.15, 0.2) is 18.2 Å². The number of nitrogens with zero attached hydrogens (tertiary/aromatic N) is 1. The minimum Gasteiger partial charge on any atom is -0.497 e. The van der Waals surface area contributed by atoms with Gasteiger partial charge in [-0.25, -0.2) is 0 Å². The van der Waals surface area contributed by atoms with Gasteiger partial charge in [-0.2, -0.15) is 0 Å². The van der Waals surface area contributed by atoms with Crippen molar-refractivity contribution in [3.8, 4) is 11.5 Å². The lowest BCUT2D eigenvalue weighted by Crippen LogP contribution is -2.39. The van der Waals surface area contributed by atoms with Crippen molar-refractivity contribution in [1.29, 1.82) is 0 Å². The van der Waals surface area contributed by atoms with Crippen LogP contribution in [0.3, 0.4) is 0 Å². The lowest BCUT2D eigenvalue weighted by molar-refractivity contribution is 0.393. The number of nitrogens with one attached hydrogen (secondary N) is 1. The maximum atomic E-state index is 5.47. The van der Waals surface area contributed by atoms with E-state index in [1.165, 1.54) is 0 Å². The van der Waals surface area contributed by atoms with Crippen molar-refractivity contribution in [2.45, 2.75) is 25.8 Å². The normalized spacial score (nSPS) is 18.8. The van der Waals surface area contributed by atoms with Gasteiger partial charge < -0.3 is 19.7 Å². The minimum atomic E-state index is 0.195. The van der Waals surface area contributed by atoms with E-state index in [4.69, 9.17) is 9.47 Å². The predicted octanol–water partition coefficient (Wildman–Crippen LogP) is 2.28. The van der Waals surface area contributed by atoms with Gasteiger partial charge in [-0.3, -0.25) is 0 Å². The highest BCUT2D eigenvalue weighted by Gasteiger charge is 2.23. The van der Waals surface area contributed by atoms with Crippen molar-refractivity contribution in [2.24, 2.45) is 0 Å². The van der Waals surface area contributed by atoms with E-state index in [0.29, 0.717) is 0 Å². The average Bonchev–Trinajstić information content (AvgIpc) is 2.59. The first-order valence-electron chi connectivity index (χ1n) is 6.78. The van der Waals surface area contributed by atoms with E-state index < -0.39 is 0 Å². The molecule has 4 nitrogen and oxygen atoms in total. The summed E-state index contributed by atoms with van der Waals surface area (Å²) in [7, 11) is 3.41. The first-order chi connectivity index (χ1) is 9.05. The quantitative estimate of drug-likeness (QED) is 0.908. The van der Waals surface area contributed by atoms with Gasteiger partial charge in [0.2, 0.25) is 0 Å². The van der Waals surface area contributed by atoms with Crippen LogP contribution in [-0.4, -0.2) is 39.4 Å². The van der Waals surface area contributed by atoms with E-state index >= 15 is 0 Å². The monoisotopic (exact) mass is 264 g/mol. The van der Waals surface area contributed by atoms with Gasteiger partial charge in [0.25, 0.3) is 0 Å². The molecule has 1 aliphatic rings. The van der Waals surface area contributed by atoms with Gasteiger partial charge in [-0.1, -0.05) is 0 Å². The van der Waals surface area contributed by atoms with Crippen LogP contribution in [0.25, 0.3) is 0 Å². The Balaban J connectivity index is 2.24. The average molecular weight is 264 g/mol. The molecule has 2 rings (SSSR count). The van der Waals surface area contributed by atoms with Crippen molar-refractivity contribution in [2.75, 3.05) is 38.8 Å². The number of hydrogen-bond acceptors (Lipinski definition) is 4. The number of anilines is 1. The topological polar surface area (TPSA) is 33.7 Å². The molecule has 1 saturated heterocycles. The van der Waals surface area contributed by atoms with Crippen molar-refractivity contribution < 1.29 is 9.47 Å². The van der Waals surface area contributed by atoms with Crippen molar-refractivity contribution in [1.82, 2.24) is 5.32 Å². The maximum Gasteiger partial charge on any atom is 0.142 e. The number of rotatable bonds is 3. The molecule has 1 aliphatic heterocycles. The lowest BCUT2D eigenvalue weighted by Gasteiger charge is -2.26. The third kappa shape index (κ3) is 3.32. The summed E-state index contributed by atoms with van der Waals surface area (Å²) < 4.78 is 10.8. The highest BCUT2D eigenvalue weighted by Crippen LogP contribution is 2.33. The minimum absolute atomic E-state index is 0.195. The van der Waals surface area contributed by atoms with Crippen molar-refractivity contribution in [3.63, 3.8) is 0 Å². The zero-order valence-electron chi connectivity index (χ0n) is 12.3. The maximum absolute atomic E-state index is 5.47. The van der Waals surface area contributed by atoms with Gasteiger partial charge in [0.15, 0.2) is 0 Å². The number of benzene rings is 1. The fraction of sp³-hybridized carbons (Fsp3) is 0.600. The van der Waals surface area contributed by atoms with Crippen molar-refractivity contribution >= 4 is 5.69 Å². The Hall–Kier alpha value is -1.42. The summed E-state index contributed by atoms with van der Waals surface area (Å²) in [6.07, 6.45) is 1.10. The number of methoxy groups -OCH3 is 2. The Morgan fingerprint density at radius 2 is 1.95 bits per heavy atom. The third-order valence-electron chi connectivity index (χ3n) is 3.72. The van der Waals surface area contributed by atoms with Crippen LogP contribution in [0.2, 0.25) is 0 Å². The molecule has 1 aromatic carbocycles. The molecule has 0 amide bonds. The Bertz CT molecular complexity index is 432. The molecule has 1 N–H and O–H groups in total. The molecule has 0 radical (unpaired) electrons. The Labute approximate surface area is 115 Å². The van der Waals surface area contributed by atoms with Gasteiger partial charge in [-0.15, -0.1) is 0 Å². The smallest absolute Gasteiger partial charge is 0.142 e. The molecule has 4 heteroatoms. The Morgan fingerprint density at radius 3 is 2.63 bits per heavy atom. The van der Waals surface area contributed by atoms with Gasteiger partial charge >= 0.3 is 0 Å². The summed E-state index contributed by atoms with van der Waals surface area (Å²) in [5, 5.41) is 3.57. The largest absolute Gasteiger partial charge is 0.497 e. The van der Waals surface area contributed by atoms with Crippen LogP contribution in [0.5, 0.6) is 11.5 Å². The fourth-order valence-electron chi connectivity index (χ4n) is 2.43. The molecular formula is C15H24N2O2. The van der Waals surface area contributed by atoms with Crippen molar-refractivity contribution in [3.05, 3.63) is 18.2 Å². The van der Waals surface area contributed by atoms with Crippen LogP contribution in [0, 0.1) is 0 Å². The molecule has 0 bridgehead atoms. The zero-order chi connectivity index (χ0) is 13.9. The second kappa shape index (κ2) is 5.70. The van der Waals surface area contributed by atoms with Gasteiger partial charge in [0.05, 0.1) is 19.9 Å². The molecule has 0 unspecified atom stereocenters. The molecule has 1 fully saturated rings. The fourth-order valence-corrected chi connectivity index (χ4v) is 2.43. The SMILES string of the molecule is COc1ccc(OC)c(N2CCNC(C)(C)CC2)c1. The lowest BCUT2D eigenvalue weighted by atomic mass is 10.0. The summed E-state index contributed by atoms with van der Waals surface area (Å²) in [4.78, 5) is 2.36. The highest BCUT2D eigenvalue weighted by molar-refractivity contribution is 5.61. The van der Waals surface area contributed by atoms with E-state index in [1.54, 1.807) is 14.2 Å². The van der Waals surface area contributed by atoms with Gasteiger partial charge in [-0.05, 0) is 32.4 Å². The molecule has 0 aliphatic carbocycles. The first-order valence-corrected chi connectivity index (χ1v) is 6.78. The zero-order valence-corrected chi connectivity index (χ0v) is 12.3. The van der Waals surface area contributed by atoms with E-state index in [0.717, 1.165) is 43.2 Å². The Kier molecular flexibility index (Phi) is 4.20. The van der Waals surface area contributed by atoms with E-state index in [-0.39, 0.29) is 5.54 Å². The molecule has 1 heterocycles. The summed E-state index contributed by atoms with van der Waals surface area (Å²) in [6, 6.07) is 5.96. The molecule has 0 saturated carbocycles. The van der Waals surface area contributed by atoms with E-state index in [1.807, 2.05) is 12.1 Å². The predicted molar refractivity (Wildman–Crippen MR) is 78.5 cm³/mol. The standard InChI is InChI=1S/C15H24N2O2/c1-15(2)7-9-17(10-8-16-15)13-11-12(18-3)5-6-14(13)19-4/h5-6,11,16H,7-10H2,1-4H3. The number of ether oxygens (including phenoxy) is 2. The van der Waals surface area contributed by atoms with Gasteiger partial charge in [0, 0.05) is 31.2 Å². The molecule has 106 valence electrons. The van der Waals surface area contributed by atoms with E-state index in [2.05, 4.69) is 30.1 Å². The highest BCUT2D eigenvalue weighted by atomic mass is 16.5. The molecule has 19 heavy (non-hydrogen) atoms. The van der Waals surface area contributed by atoms with Crippen LogP contribution < -0.4 is 19.7 Å². The first kappa shape index (κ1) is 14.0. The van der Waals surface area contributed by atoms with Crippen LogP contribution in [-0.2, 0) is 0 Å². The van der Waals surface area contributed by atoms with E-state index in [9.17, 15) is 0 Å². The second-order valence-corrected chi connectivity index (χ2v) is 5.59. The van der Waals surface area contributed by atoms with Crippen LogP contribution in [0.4, 0.5) is 5.69 Å². The summed E-state index contributed by atoms with van der Waals surface area (Å²) >= 11 is 0.